The molecule has 0 saturated carbocycles. The van der Waals surface area contributed by atoms with Gasteiger partial charge in [-0.1, -0.05) is 141 Å². The number of ether oxygens (including phenoxy) is 1. The quantitative estimate of drug-likeness (QED) is 0.156. The minimum atomic E-state index is -0.0639. The van der Waals surface area contributed by atoms with Gasteiger partial charge in [0.2, 0.25) is 0 Å². The van der Waals surface area contributed by atoms with Crippen LogP contribution in [0, 0.1) is 18.8 Å². The van der Waals surface area contributed by atoms with Gasteiger partial charge in [0.05, 0.1) is 0 Å². The predicted molar refractivity (Wildman–Crippen MR) is 246 cm³/mol. The molecule has 0 amide bonds. The average molecular weight is 967 g/mol. The van der Waals surface area contributed by atoms with E-state index in [4.69, 9.17) is 9.72 Å². The molecule has 306 valence electrons. The van der Waals surface area contributed by atoms with Crippen LogP contribution in [-0.2, 0) is 37.3 Å². The van der Waals surface area contributed by atoms with E-state index in [2.05, 4.69) is 211 Å². The maximum absolute atomic E-state index is 6.67. The second kappa shape index (κ2) is 15.4. The summed E-state index contributed by atoms with van der Waals surface area (Å²) in [4.78, 5) is 9.50. The van der Waals surface area contributed by atoms with Gasteiger partial charge in [-0.15, -0.1) is 48.1 Å². The van der Waals surface area contributed by atoms with Gasteiger partial charge in [-0.25, -0.2) is 4.98 Å². The fourth-order valence-electron chi connectivity index (χ4n) is 8.29. The molecule has 0 spiro atoms. The molecular formula is C54H51N4OPt-3. The molecule has 9 rings (SSSR count). The second-order valence-electron chi connectivity index (χ2n) is 18.7. The SMILES string of the molecule is CC(C)(C)c1ccnc(-n2c3[c-]c(Oc4[c-]c(N5[CH-]N(c6c(C(C)(C)C)cccc6C(C)(C)C)c6ccccc65)ccc4)ccc3c3cc(-c4ccccc4)ccc32)c1.[Pt]. The Balaban J connectivity index is 0.00000499. The van der Waals surface area contributed by atoms with E-state index < -0.39 is 0 Å². The van der Waals surface area contributed by atoms with Crippen LogP contribution in [0.3, 0.4) is 0 Å². The van der Waals surface area contributed by atoms with Gasteiger partial charge < -0.3 is 19.1 Å². The molecule has 8 aromatic rings. The number of benzene rings is 6. The third-order valence-corrected chi connectivity index (χ3v) is 11.4. The number of hydrogen-bond donors (Lipinski definition) is 0. The zero-order valence-electron chi connectivity index (χ0n) is 35.9. The molecule has 0 atom stereocenters. The number of hydrogen-bond acceptors (Lipinski definition) is 4. The summed E-state index contributed by atoms with van der Waals surface area (Å²) in [6.07, 6.45) is 1.91. The Morgan fingerprint density at radius 1 is 0.550 bits per heavy atom. The summed E-state index contributed by atoms with van der Waals surface area (Å²) in [5, 5.41) is 2.22. The molecule has 3 heterocycles. The first kappa shape index (κ1) is 41.1. The molecule has 1 aliphatic rings. The third-order valence-electron chi connectivity index (χ3n) is 11.4. The Morgan fingerprint density at radius 3 is 1.88 bits per heavy atom. The monoisotopic (exact) mass is 966 g/mol. The van der Waals surface area contributed by atoms with Gasteiger partial charge in [0.1, 0.15) is 5.82 Å². The number of pyridine rings is 1. The van der Waals surface area contributed by atoms with Crippen molar-refractivity contribution in [2.75, 3.05) is 9.80 Å². The van der Waals surface area contributed by atoms with Crippen LogP contribution >= 0.6 is 0 Å². The van der Waals surface area contributed by atoms with Crippen molar-refractivity contribution in [2.24, 2.45) is 0 Å². The minimum Gasteiger partial charge on any atom is -0.509 e. The summed E-state index contributed by atoms with van der Waals surface area (Å²) in [6, 6.07) is 54.4. The van der Waals surface area contributed by atoms with E-state index in [1.165, 1.54) is 27.9 Å². The van der Waals surface area contributed by atoms with Crippen molar-refractivity contribution in [2.45, 2.75) is 78.6 Å². The molecule has 0 saturated heterocycles. The van der Waals surface area contributed by atoms with Crippen molar-refractivity contribution in [3.05, 3.63) is 175 Å². The zero-order chi connectivity index (χ0) is 41.3. The van der Waals surface area contributed by atoms with Crippen molar-refractivity contribution < 1.29 is 25.8 Å². The van der Waals surface area contributed by atoms with Crippen molar-refractivity contribution >= 4 is 44.6 Å². The molecule has 6 aromatic carbocycles. The number of aromatic nitrogens is 2. The van der Waals surface area contributed by atoms with Gasteiger partial charge in [-0.3, -0.25) is 0 Å². The van der Waals surface area contributed by atoms with E-state index in [1.54, 1.807) is 0 Å². The van der Waals surface area contributed by atoms with Gasteiger partial charge in [0.25, 0.3) is 0 Å². The Hall–Kier alpha value is -5.64. The molecular weight excluding hydrogens is 916 g/mol. The van der Waals surface area contributed by atoms with Crippen LogP contribution < -0.4 is 14.5 Å². The summed E-state index contributed by atoms with van der Waals surface area (Å²) in [6.45, 7) is 22.7. The number of para-hydroxylation sites is 3. The topological polar surface area (TPSA) is 33.5 Å². The fraction of sp³-hybridized carbons (Fsp3) is 0.222. The Kier molecular flexibility index (Phi) is 10.6. The summed E-state index contributed by atoms with van der Waals surface area (Å²) in [5.74, 6) is 2.06. The van der Waals surface area contributed by atoms with E-state index in [9.17, 15) is 0 Å². The molecule has 1 aliphatic heterocycles. The second-order valence-corrected chi connectivity index (χ2v) is 18.7. The first-order valence-corrected chi connectivity index (χ1v) is 20.5. The molecule has 0 N–H and O–H groups in total. The molecule has 0 aliphatic carbocycles. The van der Waals surface area contributed by atoms with Crippen LogP contribution in [0.1, 0.15) is 79.0 Å². The van der Waals surface area contributed by atoms with E-state index in [0.29, 0.717) is 11.5 Å². The molecule has 0 unspecified atom stereocenters. The van der Waals surface area contributed by atoms with Crippen LogP contribution in [0.4, 0.5) is 22.7 Å². The summed E-state index contributed by atoms with van der Waals surface area (Å²) < 4.78 is 8.89. The predicted octanol–water partition coefficient (Wildman–Crippen LogP) is 14.5. The Morgan fingerprint density at radius 2 is 1.20 bits per heavy atom. The normalized spacial score (nSPS) is 13.2. The zero-order valence-corrected chi connectivity index (χ0v) is 38.1. The van der Waals surface area contributed by atoms with Gasteiger partial charge in [-0.05, 0) is 79.8 Å². The minimum absolute atomic E-state index is 0. The van der Waals surface area contributed by atoms with Crippen LogP contribution in [-0.4, -0.2) is 9.55 Å². The molecule has 2 aromatic heterocycles. The first-order chi connectivity index (χ1) is 28.1. The molecule has 0 fully saturated rings. The van der Waals surface area contributed by atoms with Crippen molar-refractivity contribution in [3.8, 4) is 28.4 Å². The maximum Gasteiger partial charge on any atom is 0.135 e. The van der Waals surface area contributed by atoms with E-state index in [1.807, 2.05) is 24.4 Å². The maximum atomic E-state index is 6.67. The van der Waals surface area contributed by atoms with Gasteiger partial charge in [0.15, 0.2) is 0 Å². The van der Waals surface area contributed by atoms with E-state index in [-0.39, 0.29) is 37.3 Å². The third kappa shape index (κ3) is 7.54. The summed E-state index contributed by atoms with van der Waals surface area (Å²) in [7, 11) is 0. The van der Waals surface area contributed by atoms with Gasteiger partial charge >= 0.3 is 0 Å². The molecule has 5 nitrogen and oxygen atoms in total. The molecule has 60 heavy (non-hydrogen) atoms. The fourth-order valence-corrected chi connectivity index (χ4v) is 8.29. The van der Waals surface area contributed by atoms with E-state index >= 15 is 0 Å². The average Bonchev–Trinajstić information content (AvgIpc) is 3.76. The standard InChI is InChI=1S/C54H51N4O.Pt/c1-52(2,3)38-29-30-55-50(32-38)58-46-28-25-37(36-17-11-10-12-18-36)31-43(46)42-27-26-41(34-49(42)58)59-40-20-15-19-39(33-40)56-35-57(48-24-14-13-23-47(48)56)51-44(53(4,5)6)21-16-22-45(51)54(7,8)9;/h10-32,35H,1-9H3;/q-3;. The summed E-state index contributed by atoms with van der Waals surface area (Å²) >= 11 is 0. The van der Waals surface area contributed by atoms with Crippen LogP contribution in [0.2, 0.25) is 0 Å². The Labute approximate surface area is 369 Å². The van der Waals surface area contributed by atoms with Crippen LogP contribution in [0.5, 0.6) is 11.5 Å². The van der Waals surface area contributed by atoms with Crippen LogP contribution in [0.25, 0.3) is 38.8 Å². The van der Waals surface area contributed by atoms with Crippen molar-refractivity contribution in [1.82, 2.24) is 9.55 Å². The van der Waals surface area contributed by atoms with E-state index in [0.717, 1.165) is 50.2 Å². The van der Waals surface area contributed by atoms with Crippen molar-refractivity contribution in [1.29, 1.82) is 0 Å². The van der Waals surface area contributed by atoms with Crippen molar-refractivity contribution in [3.63, 3.8) is 0 Å². The first-order valence-electron chi connectivity index (χ1n) is 20.5. The molecule has 0 radical (unpaired) electrons. The smallest absolute Gasteiger partial charge is 0.135 e. The Bertz CT molecular complexity index is 2820. The molecule has 6 heteroatoms. The van der Waals surface area contributed by atoms with Gasteiger partial charge in [-0.2, -0.15) is 12.1 Å². The van der Waals surface area contributed by atoms with Crippen LogP contribution in [0.15, 0.2) is 140 Å². The number of rotatable bonds is 6. The molecule has 0 bridgehead atoms. The number of nitrogens with zero attached hydrogens (tertiary/aromatic N) is 4. The van der Waals surface area contributed by atoms with Gasteiger partial charge in [0, 0.05) is 61.3 Å². The summed E-state index contributed by atoms with van der Waals surface area (Å²) in [5.41, 5.74) is 12.3. The number of fused-ring (bicyclic) bond motifs is 4. The number of anilines is 4. The largest absolute Gasteiger partial charge is 0.509 e.